The highest BCUT2D eigenvalue weighted by Gasteiger charge is 2.15. The van der Waals surface area contributed by atoms with Crippen molar-refractivity contribution in [2.45, 2.75) is 6.42 Å². The smallest absolute Gasteiger partial charge is 0.210 e. The fraction of sp³-hybridized carbons (Fsp3) is 0.385. The van der Waals surface area contributed by atoms with Crippen LogP contribution < -0.4 is 4.74 Å². The van der Waals surface area contributed by atoms with Crippen LogP contribution in [-0.2, 0) is 16.4 Å². The zero-order valence-corrected chi connectivity index (χ0v) is 13.0. The fourth-order valence-corrected chi connectivity index (χ4v) is 2.29. The summed E-state index contributed by atoms with van der Waals surface area (Å²) in [5.74, 6) is 1.36. The topological polar surface area (TPSA) is 77.3 Å². The molecule has 0 aliphatic rings. The zero-order valence-electron chi connectivity index (χ0n) is 12.2. The Morgan fingerprint density at radius 3 is 2.71 bits per heavy atom. The van der Waals surface area contributed by atoms with Gasteiger partial charge in [0.05, 0.1) is 13.4 Å². The SMILES string of the molecule is COc1ccccc1-n1ncnc1CCN(C)S(C)(=O)=O. The molecular weight excluding hydrogens is 292 g/mol. The maximum absolute atomic E-state index is 11.4. The Labute approximate surface area is 124 Å². The number of para-hydroxylation sites is 2. The van der Waals surface area contributed by atoms with E-state index in [1.165, 1.54) is 16.9 Å². The molecule has 0 saturated carbocycles. The Kier molecular flexibility index (Phi) is 4.59. The van der Waals surface area contributed by atoms with Crippen molar-refractivity contribution < 1.29 is 13.2 Å². The third-order valence-electron chi connectivity index (χ3n) is 3.15. The molecule has 0 radical (unpaired) electrons. The number of ether oxygens (including phenoxy) is 1. The number of likely N-dealkylation sites (N-methyl/N-ethyl adjacent to an activating group) is 1. The number of aromatic nitrogens is 3. The molecule has 0 bridgehead atoms. The lowest BCUT2D eigenvalue weighted by Gasteiger charge is -2.14. The molecule has 0 spiro atoms. The van der Waals surface area contributed by atoms with Crippen LogP contribution in [0, 0.1) is 0 Å². The van der Waals surface area contributed by atoms with Gasteiger partial charge in [0.15, 0.2) is 0 Å². The van der Waals surface area contributed by atoms with Gasteiger partial charge in [-0.05, 0) is 12.1 Å². The van der Waals surface area contributed by atoms with E-state index in [1.54, 1.807) is 18.8 Å². The minimum Gasteiger partial charge on any atom is -0.494 e. The largest absolute Gasteiger partial charge is 0.494 e. The van der Waals surface area contributed by atoms with Crippen LogP contribution in [0.1, 0.15) is 5.82 Å². The Morgan fingerprint density at radius 2 is 2.05 bits per heavy atom. The van der Waals surface area contributed by atoms with Crippen LogP contribution in [-0.4, -0.2) is 54.4 Å². The molecule has 1 aromatic carbocycles. The van der Waals surface area contributed by atoms with Crippen LogP contribution in [0.3, 0.4) is 0 Å². The molecule has 0 amide bonds. The van der Waals surface area contributed by atoms with Gasteiger partial charge in [-0.2, -0.15) is 5.10 Å². The third kappa shape index (κ3) is 3.59. The molecule has 0 aliphatic heterocycles. The predicted molar refractivity (Wildman–Crippen MR) is 79.1 cm³/mol. The molecule has 0 unspecified atom stereocenters. The normalized spacial score (nSPS) is 11.8. The van der Waals surface area contributed by atoms with Crippen molar-refractivity contribution in [3.8, 4) is 11.4 Å². The summed E-state index contributed by atoms with van der Waals surface area (Å²) < 4.78 is 31.1. The van der Waals surface area contributed by atoms with E-state index >= 15 is 0 Å². The van der Waals surface area contributed by atoms with Crippen LogP contribution in [0.4, 0.5) is 0 Å². The number of methoxy groups -OCH3 is 1. The van der Waals surface area contributed by atoms with Crippen molar-refractivity contribution in [2.24, 2.45) is 0 Å². The Bertz CT molecular complexity index is 712. The van der Waals surface area contributed by atoms with Crippen molar-refractivity contribution in [1.29, 1.82) is 0 Å². The van der Waals surface area contributed by atoms with E-state index in [-0.39, 0.29) is 0 Å². The van der Waals surface area contributed by atoms with Gasteiger partial charge in [0.2, 0.25) is 10.0 Å². The Balaban J connectivity index is 2.23. The third-order valence-corrected chi connectivity index (χ3v) is 4.46. The van der Waals surface area contributed by atoms with Gasteiger partial charge in [0.1, 0.15) is 23.6 Å². The Morgan fingerprint density at radius 1 is 1.33 bits per heavy atom. The quantitative estimate of drug-likeness (QED) is 0.785. The first-order valence-electron chi connectivity index (χ1n) is 6.37. The van der Waals surface area contributed by atoms with Crippen molar-refractivity contribution >= 4 is 10.0 Å². The summed E-state index contributed by atoms with van der Waals surface area (Å²) >= 11 is 0. The number of hydrogen-bond acceptors (Lipinski definition) is 5. The molecule has 2 rings (SSSR count). The zero-order chi connectivity index (χ0) is 15.5. The first-order valence-corrected chi connectivity index (χ1v) is 8.22. The first-order chi connectivity index (χ1) is 9.93. The van der Waals surface area contributed by atoms with Crippen molar-refractivity contribution in [1.82, 2.24) is 19.1 Å². The average Bonchev–Trinajstić information content (AvgIpc) is 2.91. The summed E-state index contributed by atoms with van der Waals surface area (Å²) in [5, 5.41) is 4.19. The molecule has 0 aliphatic carbocycles. The van der Waals surface area contributed by atoms with Crippen LogP contribution in [0.2, 0.25) is 0 Å². The molecule has 7 nitrogen and oxygen atoms in total. The van der Waals surface area contributed by atoms with Gasteiger partial charge in [-0.25, -0.2) is 22.4 Å². The average molecular weight is 310 g/mol. The second-order valence-corrected chi connectivity index (χ2v) is 6.68. The van der Waals surface area contributed by atoms with E-state index < -0.39 is 10.0 Å². The molecule has 0 atom stereocenters. The van der Waals surface area contributed by atoms with Crippen LogP contribution >= 0.6 is 0 Å². The van der Waals surface area contributed by atoms with Gasteiger partial charge in [-0.1, -0.05) is 12.1 Å². The molecule has 1 aromatic heterocycles. The molecule has 0 fully saturated rings. The monoisotopic (exact) mass is 310 g/mol. The van der Waals surface area contributed by atoms with Gasteiger partial charge in [-0.3, -0.25) is 0 Å². The standard InChI is InChI=1S/C13H18N4O3S/c1-16(21(3,18)19)9-8-13-14-10-15-17(13)11-6-4-5-7-12(11)20-2/h4-7,10H,8-9H2,1-3H3. The number of sulfonamides is 1. The molecule has 1 heterocycles. The molecule has 0 N–H and O–H groups in total. The van der Waals surface area contributed by atoms with Crippen molar-refractivity contribution in [2.75, 3.05) is 27.0 Å². The number of hydrogen-bond donors (Lipinski definition) is 0. The molecule has 21 heavy (non-hydrogen) atoms. The van der Waals surface area contributed by atoms with E-state index in [0.29, 0.717) is 24.5 Å². The lowest BCUT2D eigenvalue weighted by atomic mass is 10.3. The maximum Gasteiger partial charge on any atom is 0.210 e. The van der Waals surface area contributed by atoms with Gasteiger partial charge in [0.25, 0.3) is 0 Å². The molecule has 2 aromatic rings. The first kappa shape index (κ1) is 15.5. The van der Waals surface area contributed by atoms with E-state index in [9.17, 15) is 8.42 Å². The minimum absolute atomic E-state index is 0.340. The maximum atomic E-state index is 11.4. The second-order valence-electron chi connectivity index (χ2n) is 4.59. The summed E-state index contributed by atoms with van der Waals surface area (Å²) in [7, 11) is -0.0642. The second kappa shape index (κ2) is 6.23. The van der Waals surface area contributed by atoms with Gasteiger partial charge < -0.3 is 4.74 Å². The van der Waals surface area contributed by atoms with Crippen LogP contribution in [0.25, 0.3) is 5.69 Å². The summed E-state index contributed by atoms with van der Waals surface area (Å²) in [6, 6.07) is 7.46. The fourth-order valence-electron chi connectivity index (χ4n) is 1.87. The summed E-state index contributed by atoms with van der Waals surface area (Å²) in [4.78, 5) is 4.20. The molecule has 0 saturated heterocycles. The summed E-state index contributed by atoms with van der Waals surface area (Å²) in [6.07, 6.45) is 3.09. The van der Waals surface area contributed by atoms with Crippen molar-refractivity contribution in [3.05, 3.63) is 36.4 Å². The Hall–Kier alpha value is -1.93. The predicted octanol–water partition coefficient (Wildman–Crippen LogP) is 0.710. The number of rotatable bonds is 6. The van der Waals surface area contributed by atoms with Gasteiger partial charge >= 0.3 is 0 Å². The highest BCUT2D eigenvalue weighted by Crippen LogP contribution is 2.22. The van der Waals surface area contributed by atoms with Crippen molar-refractivity contribution in [3.63, 3.8) is 0 Å². The van der Waals surface area contributed by atoms with Crippen LogP contribution in [0.5, 0.6) is 5.75 Å². The van der Waals surface area contributed by atoms with E-state index in [1.807, 2.05) is 24.3 Å². The number of nitrogens with zero attached hydrogens (tertiary/aromatic N) is 4. The molecular formula is C13H18N4O3S. The van der Waals surface area contributed by atoms with Gasteiger partial charge in [0, 0.05) is 20.0 Å². The highest BCUT2D eigenvalue weighted by molar-refractivity contribution is 7.88. The molecule has 114 valence electrons. The summed E-state index contributed by atoms with van der Waals surface area (Å²) in [5.41, 5.74) is 0.773. The number of benzene rings is 1. The highest BCUT2D eigenvalue weighted by atomic mass is 32.2. The van der Waals surface area contributed by atoms with E-state index in [2.05, 4.69) is 10.1 Å². The van der Waals surface area contributed by atoms with Crippen LogP contribution in [0.15, 0.2) is 30.6 Å². The van der Waals surface area contributed by atoms with Gasteiger partial charge in [-0.15, -0.1) is 0 Å². The minimum atomic E-state index is -3.20. The summed E-state index contributed by atoms with van der Waals surface area (Å²) in [6.45, 7) is 0.340. The lowest BCUT2D eigenvalue weighted by molar-refractivity contribution is 0.410. The van der Waals surface area contributed by atoms with E-state index in [0.717, 1.165) is 5.69 Å². The van der Waals surface area contributed by atoms with E-state index in [4.69, 9.17) is 4.74 Å². The lowest BCUT2D eigenvalue weighted by Crippen LogP contribution is -2.28. The molecule has 8 heteroatoms.